The van der Waals surface area contributed by atoms with Gasteiger partial charge in [-0.2, -0.15) is 0 Å². The van der Waals surface area contributed by atoms with Gasteiger partial charge in [-0.15, -0.1) is 0 Å². The minimum absolute atomic E-state index is 0.353. The molecule has 0 heterocycles. The van der Waals surface area contributed by atoms with Crippen molar-refractivity contribution in [2.45, 2.75) is 20.5 Å². The van der Waals surface area contributed by atoms with Crippen molar-refractivity contribution in [2.24, 2.45) is 5.73 Å². The molecule has 20 heavy (non-hydrogen) atoms. The molecular weight excluding hydrogens is 246 g/mol. The molecule has 2 rings (SSSR count). The van der Waals surface area contributed by atoms with Gasteiger partial charge in [0.25, 0.3) is 0 Å². The summed E-state index contributed by atoms with van der Waals surface area (Å²) in [6.45, 7) is 5.12. The number of aryl methyl sites for hydroxylation is 2. The van der Waals surface area contributed by atoms with Crippen molar-refractivity contribution in [1.82, 2.24) is 0 Å². The van der Waals surface area contributed by atoms with Crippen LogP contribution in [0.15, 0.2) is 42.5 Å². The van der Waals surface area contributed by atoms with Gasteiger partial charge in [-0.25, -0.2) is 0 Å². The Morgan fingerprint density at radius 2 is 1.85 bits per heavy atom. The maximum absolute atomic E-state index is 5.87. The van der Waals surface area contributed by atoms with Crippen molar-refractivity contribution >= 4 is 0 Å². The molecule has 0 spiro atoms. The highest BCUT2D eigenvalue weighted by Gasteiger charge is 2.02. The molecule has 2 N–H and O–H groups in total. The summed E-state index contributed by atoms with van der Waals surface area (Å²) in [7, 11) is 0. The van der Waals surface area contributed by atoms with Crippen molar-refractivity contribution in [3.63, 3.8) is 0 Å². The molecule has 0 amide bonds. The van der Waals surface area contributed by atoms with Crippen LogP contribution >= 0.6 is 0 Å². The smallest absolute Gasteiger partial charge is 0.135 e. The highest BCUT2D eigenvalue weighted by molar-refractivity contribution is 5.46. The van der Waals surface area contributed by atoms with Crippen LogP contribution in [0.25, 0.3) is 0 Å². The number of para-hydroxylation sites is 1. The average Bonchev–Trinajstić information content (AvgIpc) is 2.47. The van der Waals surface area contributed by atoms with Crippen molar-refractivity contribution in [3.05, 3.63) is 64.7 Å². The van der Waals surface area contributed by atoms with Gasteiger partial charge < -0.3 is 10.5 Å². The molecule has 0 fully saturated rings. The average molecular weight is 265 g/mol. The topological polar surface area (TPSA) is 35.2 Å². The fourth-order valence-corrected chi connectivity index (χ4v) is 1.90. The van der Waals surface area contributed by atoms with Crippen LogP contribution in [0.2, 0.25) is 0 Å². The van der Waals surface area contributed by atoms with E-state index < -0.39 is 0 Å². The molecule has 0 unspecified atom stereocenters. The van der Waals surface area contributed by atoms with Gasteiger partial charge in [-0.05, 0) is 42.7 Å². The van der Waals surface area contributed by atoms with Crippen molar-refractivity contribution in [3.8, 4) is 17.6 Å². The van der Waals surface area contributed by atoms with Gasteiger partial charge in [0.05, 0.1) is 12.1 Å². The van der Waals surface area contributed by atoms with Crippen LogP contribution in [0.5, 0.6) is 5.75 Å². The normalized spacial score (nSPS) is 9.75. The fourth-order valence-electron chi connectivity index (χ4n) is 1.90. The number of hydrogen-bond acceptors (Lipinski definition) is 2. The lowest BCUT2D eigenvalue weighted by molar-refractivity contribution is 0.305. The SMILES string of the molecule is Cc1ccc(COc2ccccc2C#CCN)cc1C. The number of hydrogen-bond donors (Lipinski definition) is 1. The molecule has 0 atom stereocenters. The Bertz CT molecular complexity index is 650. The summed E-state index contributed by atoms with van der Waals surface area (Å²) in [5, 5.41) is 0. The number of rotatable bonds is 3. The van der Waals surface area contributed by atoms with E-state index in [0.29, 0.717) is 13.2 Å². The lowest BCUT2D eigenvalue weighted by Crippen LogP contribution is -1.98. The summed E-state index contributed by atoms with van der Waals surface area (Å²) in [5.74, 6) is 6.69. The maximum atomic E-state index is 5.87. The summed E-state index contributed by atoms with van der Waals surface area (Å²) in [6.07, 6.45) is 0. The molecule has 0 aliphatic carbocycles. The summed E-state index contributed by atoms with van der Waals surface area (Å²) >= 11 is 0. The third-order valence-electron chi connectivity index (χ3n) is 3.18. The van der Waals surface area contributed by atoms with Crippen LogP contribution in [0.3, 0.4) is 0 Å². The Balaban J connectivity index is 2.12. The second kappa shape index (κ2) is 6.79. The van der Waals surface area contributed by atoms with Crippen LogP contribution in [0, 0.1) is 25.7 Å². The molecule has 2 heteroatoms. The first-order chi connectivity index (χ1) is 9.70. The number of benzene rings is 2. The summed E-state index contributed by atoms with van der Waals surface area (Å²) in [5.41, 5.74) is 10.0. The van der Waals surface area contributed by atoms with Crippen molar-refractivity contribution in [1.29, 1.82) is 0 Å². The first kappa shape index (κ1) is 14.2. The lowest BCUT2D eigenvalue weighted by Gasteiger charge is -2.09. The molecule has 2 aromatic rings. The molecule has 0 saturated heterocycles. The third-order valence-corrected chi connectivity index (χ3v) is 3.18. The third kappa shape index (κ3) is 3.63. The van der Waals surface area contributed by atoms with Crippen molar-refractivity contribution in [2.75, 3.05) is 6.54 Å². The van der Waals surface area contributed by atoms with E-state index in [2.05, 4.69) is 43.9 Å². The van der Waals surface area contributed by atoms with E-state index in [1.165, 1.54) is 11.1 Å². The van der Waals surface area contributed by atoms with Crippen LogP contribution < -0.4 is 10.5 Å². The Hall–Kier alpha value is -2.24. The van der Waals surface area contributed by atoms with E-state index in [9.17, 15) is 0 Å². The molecule has 0 aromatic heterocycles. The van der Waals surface area contributed by atoms with Gasteiger partial charge in [0.1, 0.15) is 12.4 Å². The summed E-state index contributed by atoms with van der Waals surface area (Å²) in [4.78, 5) is 0. The second-order valence-corrected chi connectivity index (χ2v) is 4.71. The van der Waals surface area contributed by atoms with E-state index in [4.69, 9.17) is 10.5 Å². The number of ether oxygens (including phenoxy) is 1. The zero-order valence-electron chi connectivity index (χ0n) is 11.9. The quantitative estimate of drug-likeness (QED) is 0.865. The minimum atomic E-state index is 0.353. The fraction of sp³-hybridized carbons (Fsp3) is 0.222. The molecule has 102 valence electrons. The lowest BCUT2D eigenvalue weighted by atomic mass is 10.1. The molecule has 0 aliphatic rings. The van der Waals surface area contributed by atoms with Crippen LogP contribution in [-0.4, -0.2) is 6.54 Å². The first-order valence-corrected chi connectivity index (χ1v) is 6.67. The monoisotopic (exact) mass is 265 g/mol. The summed E-state index contributed by atoms with van der Waals surface area (Å²) < 4.78 is 5.87. The Morgan fingerprint density at radius 3 is 2.60 bits per heavy atom. The zero-order chi connectivity index (χ0) is 14.4. The molecule has 0 bridgehead atoms. The Morgan fingerprint density at radius 1 is 1.05 bits per heavy atom. The Labute approximate surface area is 120 Å². The van der Waals surface area contributed by atoms with Gasteiger partial charge in [-0.1, -0.05) is 42.2 Å². The second-order valence-electron chi connectivity index (χ2n) is 4.71. The van der Waals surface area contributed by atoms with E-state index in [-0.39, 0.29) is 0 Å². The molecule has 0 aliphatic heterocycles. The van der Waals surface area contributed by atoms with Crippen LogP contribution in [0.1, 0.15) is 22.3 Å². The van der Waals surface area contributed by atoms with Gasteiger partial charge in [0, 0.05) is 0 Å². The van der Waals surface area contributed by atoms with Crippen molar-refractivity contribution < 1.29 is 4.74 Å². The van der Waals surface area contributed by atoms with E-state index in [0.717, 1.165) is 16.9 Å². The standard InChI is InChI=1S/C18H19NO/c1-14-9-10-16(12-15(14)2)13-20-18-8-4-3-6-17(18)7-5-11-19/h3-4,6,8-10,12H,11,13,19H2,1-2H3. The highest BCUT2D eigenvalue weighted by atomic mass is 16.5. The molecule has 2 aromatic carbocycles. The van der Waals surface area contributed by atoms with Crippen LogP contribution in [-0.2, 0) is 6.61 Å². The summed E-state index contributed by atoms with van der Waals surface area (Å²) in [6, 6.07) is 14.1. The molecule has 0 radical (unpaired) electrons. The molecule has 0 saturated carbocycles. The first-order valence-electron chi connectivity index (χ1n) is 6.67. The predicted molar refractivity (Wildman–Crippen MR) is 82.6 cm³/mol. The van der Waals surface area contributed by atoms with Gasteiger partial charge in [-0.3, -0.25) is 0 Å². The van der Waals surface area contributed by atoms with E-state index >= 15 is 0 Å². The zero-order valence-corrected chi connectivity index (χ0v) is 11.9. The van der Waals surface area contributed by atoms with Crippen LogP contribution in [0.4, 0.5) is 0 Å². The van der Waals surface area contributed by atoms with Gasteiger partial charge in [0.2, 0.25) is 0 Å². The molecule has 2 nitrogen and oxygen atoms in total. The Kier molecular flexibility index (Phi) is 4.81. The number of nitrogens with two attached hydrogens (primary N) is 1. The van der Waals surface area contributed by atoms with Gasteiger partial charge in [0.15, 0.2) is 0 Å². The minimum Gasteiger partial charge on any atom is -0.488 e. The maximum Gasteiger partial charge on any atom is 0.135 e. The van der Waals surface area contributed by atoms with E-state index in [1.54, 1.807) is 0 Å². The van der Waals surface area contributed by atoms with E-state index in [1.807, 2.05) is 24.3 Å². The molecular formula is C18H19NO. The predicted octanol–water partition coefficient (Wildman–Crippen LogP) is 3.19. The largest absolute Gasteiger partial charge is 0.488 e. The highest BCUT2D eigenvalue weighted by Crippen LogP contribution is 2.19. The van der Waals surface area contributed by atoms with Gasteiger partial charge >= 0.3 is 0 Å².